The summed E-state index contributed by atoms with van der Waals surface area (Å²) in [5.41, 5.74) is 0.511. The van der Waals surface area contributed by atoms with Crippen molar-refractivity contribution in [1.29, 1.82) is 0 Å². The fourth-order valence-electron chi connectivity index (χ4n) is 2.76. The van der Waals surface area contributed by atoms with Crippen LogP contribution in [0.15, 0.2) is 34.2 Å². The van der Waals surface area contributed by atoms with Crippen LogP contribution in [-0.2, 0) is 11.3 Å². The highest BCUT2D eigenvalue weighted by Crippen LogP contribution is 2.23. The molecule has 0 spiro atoms. The Bertz CT molecular complexity index is 881. The molecule has 3 amide bonds. The molecular formula is C20H28N4O3S. The molecule has 0 aliphatic heterocycles. The number of imide groups is 1. The van der Waals surface area contributed by atoms with Gasteiger partial charge >= 0.3 is 6.03 Å². The number of amides is 3. The summed E-state index contributed by atoms with van der Waals surface area (Å²) in [7, 11) is 0. The van der Waals surface area contributed by atoms with Gasteiger partial charge in [0.25, 0.3) is 5.56 Å². The number of hydrogen-bond donors (Lipinski definition) is 2. The Morgan fingerprint density at radius 1 is 1.18 bits per heavy atom. The van der Waals surface area contributed by atoms with Gasteiger partial charge < -0.3 is 5.32 Å². The first kappa shape index (κ1) is 21.9. The minimum atomic E-state index is -0.572. The number of hydrogen-bond acceptors (Lipinski definition) is 5. The van der Waals surface area contributed by atoms with Crippen LogP contribution in [0.25, 0.3) is 10.9 Å². The van der Waals surface area contributed by atoms with E-state index < -0.39 is 17.2 Å². The SMILES string of the molecule is CCCCCCn1c(SC(C)C(=O)NC(=O)NCC)nc2ccccc2c1=O. The van der Waals surface area contributed by atoms with Gasteiger partial charge in [-0.1, -0.05) is 50.1 Å². The summed E-state index contributed by atoms with van der Waals surface area (Å²) in [6.45, 7) is 6.61. The summed E-state index contributed by atoms with van der Waals surface area (Å²) in [6, 6.07) is 6.69. The van der Waals surface area contributed by atoms with Crippen molar-refractivity contribution in [2.24, 2.45) is 0 Å². The molecule has 0 bridgehead atoms. The monoisotopic (exact) mass is 404 g/mol. The normalized spacial score (nSPS) is 12.0. The van der Waals surface area contributed by atoms with Crippen molar-refractivity contribution in [3.05, 3.63) is 34.6 Å². The molecule has 0 saturated carbocycles. The van der Waals surface area contributed by atoms with E-state index in [-0.39, 0.29) is 5.56 Å². The standard InChI is InChI=1S/C20H28N4O3S/c1-4-6-7-10-13-24-18(26)15-11-8-9-12-16(15)22-20(24)28-14(3)17(25)23-19(27)21-5-2/h8-9,11-12,14H,4-7,10,13H2,1-3H3,(H2,21,23,25,27). The molecule has 0 aliphatic rings. The van der Waals surface area contributed by atoms with Crippen molar-refractivity contribution in [2.75, 3.05) is 6.54 Å². The number of carbonyl (C=O) groups is 2. The van der Waals surface area contributed by atoms with Crippen LogP contribution in [-0.4, -0.2) is 33.3 Å². The lowest BCUT2D eigenvalue weighted by molar-refractivity contribution is -0.119. The number of rotatable bonds is 9. The van der Waals surface area contributed by atoms with Crippen molar-refractivity contribution < 1.29 is 9.59 Å². The van der Waals surface area contributed by atoms with Gasteiger partial charge in [-0.2, -0.15) is 0 Å². The summed E-state index contributed by atoms with van der Waals surface area (Å²) in [5.74, 6) is -0.420. The van der Waals surface area contributed by atoms with Crippen molar-refractivity contribution in [1.82, 2.24) is 20.2 Å². The molecule has 2 N–H and O–H groups in total. The number of thioether (sulfide) groups is 1. The molecule has 152 valence electrons. The molecule has 8 heteroatoms. The molecule has 1 atom stereocenters. The molecular weight excluding hydrogens is 376 g/mol. The smallest absolute Gasteiger partial charge is 0.321 e. The van der Waals surface area contributed by atoms with Crippen LogP contribution < -0.4 is 16.2 Å². The second-order valence-corrected chi connectivity index (χ2v) is 7.85. The maximum Gasteiger partial charge on any atom is 0.321 e. The van der Waals surface area contributed by atoms with Crippen molar-refractivity contribution in [3.63, 3.8) is 0 Å². The van der Waals surface area contributed by atoms with Crippen LogP contribution in [0, 0.1) is 0 Å². The molecule has 0 saturated heterocycles. The highest BCUT2D eigenvalue weighted by atomic mass is 32.2. The largest absolute Gasteiger partial charge is 0.338 e. The lowest BCUT2D eigenvalue weighted by Gasteiger charge is -2.16. The fraction of sp³-hybridized carbons (Fsp3) is 0.500. The molecule has 28 heavy (non-hydrogen) atoms. The molecule has 1 unspecified atom stereocenters. The van der Waals surface area contributed by atoms with Gasteiger partial charge in [0.15, 0.2) is 5.16 Å². The first-order valence-electron chi connectivity index (χ1n) is 9.72. The van der Waals surface area contributed by atoms with Gasteiger partial charge in [0.2, 0.25) is 5.91 Å². The quantitative estimate of drug-likeness (QED) is 0.380. The summed E-state index contributed by atoms with van der Waals surface area (Å²) in [6.07, 6.45) is 4.14. The van der Waals surface area contributed by atoms with E-state index in [1.807, 2.05) is 12.1 Å². The average Bonchev–Trinajstić information content (AvgIpc) is 2.67. The van der Waals surface area contributed by atoms with Gasteiger partial charge in [-0.25, -0.2) is 9.78 Å². The Morgan fingerprint density at radius 3 is 2.64 bits per heavy atom. The van der Waals surface area contributed by atoms with Gasteiger partial charge in [0.05, 0.1) is 16.2 Å². The Hall–Kier alpha value is -2.35. The van der Waals surface area contributed by atoms with E-state index in [1.54, 1.807) is 30.5 Å². The Balaban J connectivity index is 2.26. The first-order chi connectivity index (χ1) is 13.5. The first-order valence-corrected chi connectivity index (χ1v) is 10.6. The molecule has 0 radical (unpaired) electrons. The molecule has 7 nitrogen and oxygen atoms in total. The molecule has 1 heterocycles. The predicted molar refractivity (Wildman–Crippen MR) is 113 cm³/mol. The van der Waals surface area contributed by atoms with Crippen LogP contribution in [0.1, 0.15) is 46.5 Å². The van der Waals surface area contributed by atoms with E-state index in [9.17, 15) is 14.4 Å². The summed E-state index contributed by atoms with van der Waals surface area (Å²) in [4.78, 5) is 41.5. The van der Waals surface area contributed by atoms with Crippen LogP contribution in [0.2, 0.25) is 0 Å². The zero-order valence-electron chi connectivity index (χ0n) is 16.7. The third-order valence-electron chi connectivity index (χ3n) is 4.29. The van der Waals surface area contributed by atoms with E-state index in [2.05, 4.69) is 22.5 Å². The van der Waals surface area contributed by atoms with E-state index in [0.717, 1.165) is 25.7 Å². The third-order valence-corrected chi connectivity index (χ3v) is 5.38. The van der Waals surface area contributed by atoms with Gasteiger partial charge in [0, 0.05) is 13.1 Å². The van der Waals surface area contributed by atoms with Crippen LogP contribution in [0.5, 0.6) is 0 Å². The number of urea groups is 1. The maximum atomic E-state index is 13.0. The zero-order chi connectivity index (χ0) is 20.5. The molecule has 2 rings (SSSR count). The number of benzene rings is 1. The number of carbonyl (C=O) groups excluding carboxylic acids is 2. The van der Waals surface area contributed by atoms with Crippen LogP contribution in [0.3, 0.4) is 0 Å². The summed E-state index contributed by atoms with van der Waals surface area (Å²) in [5, 5.41) is 5.33. The van der Waals surface area contributed by atoms with Gasteiger partial charge in [-0.05, 0) is 32.4 Å². The molecule has 1 aromatic carbocycles. The minimum absolute atomic E-state index is 0.0964. The molecule has 0 fully saturated rings. The summed E-state index contributed by atoms with van der Waals surface area (Å²) < 4.78 is 1.65. The van der Waals surface area contributed by atoms with Gasteiger partial charge in [-0.15, -0.1) is 0 Å². The average molecular weight is 405 g/mol. The Kier molecular flexibility index (Phi) is 8.50. The van der Waals surface area contributed by atoms with E-state index in [1.165, 1.54) is 11.8 Å². The third kappa shape index (κ3) is 5.82. The van der Waals surface area contributed by atoms with Gasteiger partial charge in [0.1, 0.15) is 0 Å². The minimum Gasteiger partial charge on any atom is -0.338 e. The second kappa shape index (κ2) is 10.8. The number of para-hydroxylation sites is 1. The Labute approximate surface area is 169 Å². The van der Waals surface area contributed by atoms with Crippen molar-refractivity contribution in [3.8, 4) is 0 Å². The number of fused-ring (bicyclic) bond motifs is 1. The Morgan fingerprint density at radius 2 is 1.93 bits per heavy atom. The van der Waals surface area contributed by atoms with Crippen molar-refractivity contribution >= 4 is 34.6 Å². The number of nitrogens with one attached hydrogen (secondary N) is 2. The summed E-state index contributed by atoms with van der Waals surface area (Å²) >= 11 is 1.19. The second-order valence-electron chi connectivity index (χ2n) is 6.54. The zero-order valence-corrected chi connectivity index (χ0v) is 17.5. The van der Waals surface area contributed by atoms with Crippen LogP contribution >= 0.6 is 11.8 Å². The molecule has 1 aromatic heterocycles. The highest BCUT2D eigenvalue weighted by Gasteiger charge is 2.20. The lowest BCUT2D eigenvalue weighted by Crippen LogP contribution is -2.42. The number of aromatic nitrogens is 2. The van der Waals surface area contributed by atoms with E-state index >= 15 is 0 Å². The number of unbranched alkanes of at least 4 members (excludes halogenated alkanes) is 3. The number of nitrogens with zero attached hydrogens (tertiary/aromatic N) is 2. The maximum absolute atomic E-state index is 13.0. The highest BCUT2D eigenvalue weighted by molar-refractivity contribution is 8.00. The predicted octanol–water partition coefficient (Wildman–Crippen LogP) is 3.30. The van der Waals surface area contributed by atoms with E-state index in [0.29, 0.717) is 29.1 Å². The fourth-order valence-corrected chi connectivity index (χ4v) is 3.70. The topological polar surface area (TPSA) is 93.1 Å². The van der Waals surface area contributed by atoms with Crippen LogP contribution in [0.4, 0.5) is 4.79 Å². The van der Waals surface area contributed by atoms with Gasteiger partial charge in [-0.3, -0.25) is 19.5 Å². The van der Waals surface area contributed by atoms with E-state index in [4.69, 9.17) is 0 Å². The van der Waals surface area contributed by atoms with Crippen molar-refractivity contribution in [2.45, 2.75) is 63.4 Å². The molecule has 0 aliphatic carbocycles. The molecule has 2 aromatic rings. The lowest BCUT2D eigenvalue weighted by atomic mass is 10.2.